The van der Waals surface area contributed by atoms with Gasteiger partial charge in [-0.3, -0.25) is 4.90 Å². The first-order valence-corrected chi connectivity index (χ1v) is 12.7. The summed E-state index contributed by atoms with van der Waals surface area (Å²) < 4.78 is 55.8. The van der Waals surface area contributed by atoms with Crippen molar-refractivity contribution in [3.8, 4) is 17.2 Å². The number of halogens is 4. The molecule has 1 aromatic heterocycles. The molecule has 0 unspecified atom stereocenters. The van der Waals surface area contributed by atoms with Crippen LogP contribution in [-0.4, -0.2) is 47.0 Å². The smallest absolute Gasteiger partial charge is 0.423 e. The minimum Gasteiger partial charge on any atom is -0.423 e. The van der Waals surface area contributed by atoms with E-state index in [4.69, 9.17) is 25.5 Å². The van der Waals surface area contributed by atoms with Crippen LogP contribution in [-0.2, 0) is 24.0 Å². The number of esters is 1. The molecule has 0 radical (unpaired) electrons. The third-order valence-electron chi connectivity index (χ3n) is 6.28. The number of rotatable bonds is 7. The van der Waals surface area contributed by atoms with E-state index in [2.05, 4.69) is 10.00 Å². The van der Waals surface area contributed by atoms with Crippen molar-refractivity contribution in [3.63, 3.8) is 0 Å². The summed E-state index contributed by atoms with van der Waals surface area (Å²) in [6.45, 7) is 3.47. The summed E-state index contributed by atoms with van der Waals surface area (Å²) in [4.78, 5) is 27.8. The zero-order chi connectivity index (χ0) is 28.3. The Labute approximate surface area is 231 Å². The summed E-state index contributed by atoms with van der Waals surface area (Å²) in [6.07, 6.45) is -4.50. The summed E-state index contributed by atoms with van der Waals surface area (Å²) in [5, 5.41) is 4.44. The van der Waals surface area contributed by atoms with Crippen LogP contribution in [0.25, 0.3) is 11.5 Å². The third-order valence-corrected chi connectivity index (χ3v) is 6.52. The molecule has 0 bridgehead atoms. The van der Waals surface area contributed by atoms with Crippen molar-refractivity contribution >= 4 is 17.6 Å². The summed E-state index contributed by atoms with van der Waals surface area (Å²) in [5.74, 6) is -1.43. The normalized spacial score (nSPS) is 14.3. The topological polar surface area (TPSA) is 86.8 Å². The minimum atomic E-state index is -4.50. The monoisotopic (exact) mass is 573 g/mol. The number of alkyl halides is 3. The lowest BCUT2D eigenvalue weighted by Gasteiger charge is -2.26. The first-order valence-electron chi connectivity index (χ1n) is 12.3. The van der Waals surface area contributed by atoms with Crippen LogP contribution in [0.5, 0.6) is 5.75 Å². The van der Waals surface area contributed by atoms with Gasteiger partial charge in [-0.2, -0.15) is 17.9 Å². The van der Waals surface area contributed by atoms with Gasteiger partial charge in [0.1, 0.15) is 5.75 Å². The van der Waals surface area contributed by atoms with Crippen LogP contribution in [0, 0.1) is 0 Å². The molecule has 40 heavy (non-hydrogen) atoms. The summed E-state index contributed by atoms with van der Waals surface area (Å²) >= 11 is 6.17. The fraction of sp³-hybridized carbons (Fsp3) is 0.250. The van der Waals surface area contributed by atoms with Crippen molar-refractivity contribution in [2.45, 2.75) is 19.3 Å². The van der Waals surface area contributed by atoms with E-state index in [1.54, 1.807) is 24.3 Å². The van der Waals surface area contributed by atoms with Gasteiger partial charge in [-0.1, -0.05) is 23.7 Å². The van der Waals surface area contributed by atoms with Crippen LogP contribution in [0.3, 0.4) is 0 Å². The number of carbonyl (C=O) groups excluding carboxylic acids is 1. The van der Waals surface area contributed by atoms with E-state index in [1.165, 1.54) is 12.1 Å². The lowest BCUT2D eigenvalue weighted by Crippen LogP contribution is -2.35. The number of nitrogens with zero attached hydrogens (tertiary/aromatic N) is 3. The molecule has 0 spiro atoms. The van der Waals surface area contributed by atoms with Gasteiger partial charge >= 0.3 is 17.9 Å². The summed E-state index contributed by atoms with van der Waals surface area (Å²) in [6, 6.07) is 15.8. The van der Waals surface area contributed by atoms with E-state index in [0.717, 1.165) is 47.6 Å². The molecule has 4 aromatic rings. The lowest BCUT2D eigenvalue weighted by atomic mass is 10.1. The molecular formula is C28H23ClF3N3O5. The Morgan fingerprint density at radius 2 is 1.75 bits per heavy atom. The van der Waals surface area contributed by atoms with E-state index in [-0.39, 0.29) is 23.7 Å². The number of morpholine rings is 1. The minimum absolute atomic E-state index is 0.156. The maximum Gasteiger partial charge on any atom is 0.437 e. The van der Waals surface area contributed by atoms with Crippen LogP contribution in [0.2, 0.25) is 5.02 Å². The van der Waals surface area contributed by atoms with Gasteiger partial charge in [0.05, 0.1) is 30.9 Å². The van der Waals surface area contributed by atoms with Crippen LogP contribution in [0.4, 0.5) is 13.2 Å². The van der Waals surface area contributed by atoms with Gasteiger partial charge in [-0.05, 0) is 60.2 Å². The SMILES string of the molecule is O=C(Oc1ccc(Cl)cc1Cn1nc(-c2ccc(C(F)(F)F)cc2)oc1=O)c1cccc(CN2CCOCC2)c1. The standard InChI is InChI=1S/C28H23ClF3N3O5/c29-23-8-9-24(39-26(36)20-3-1-2-18(14-20)16-34-10-12-38-13-11-34)21(15-23)17-35-27(37)40-25(33-35)19-4-6-22(7-5-19)28(30,31)32/h1-9,14-15H,10-13,16-17H2. The van der Waals surface area contributed by atoms with Gasteiger partial charge in [-0.15, -0.1) is 5.10 Å². The fourth-order valence-corrected chi connectivity index (χ4v) is 4.42. The summed E-state index contributed by atoms with van der Waals surface area (Å²) in [7, 11) is 0. The zero-order valence-electron chi connectivity index (χ0n) is 21.0. The number of carbonyl (C=O) groups is 1. The van der Waals surface area contributed by atoms with Gasteiger partial charge in [0.2, 0.25) is 5.89 Å². The third kappa shape index (κ3) is 6.61. The molecular weight excluding hydrogens is 551 g/mol. The molecule has 8 nitrogen and oxygen atoms in total. The molecule has 0 atom stereocenters. The molecule has 1 aliphatic heterocycles. The molecule has 208 valence electrons. The highest BCUT2D eigenvalue weighted by molar-refractivity contribution is 6.30. The Balaban J connectivity index is 1.33. The van der Waals surface area contributed by atoms with Crippen molar-refractivity contribution in [2.75, 3.05) is 26.3 Å². The van der Waals surface area contributed by atoms with Crippen LogP contribution in [0.15, 0.2) is 75.9 Å². The Morgan fingerprint density at radius 1 is 1.00 bits per heavy atom. The lowest BCUT2D eigenvalue weighted by molar-refractivity contribution is -0.137. The highest BCUT2D eigenvalue weighted by Crippen LogP contribution is 2.31. The molecule has 12 heteroatoms. The van der Waals surface area contributed by atoms with Crippen molar-refractivity contribution in [1.29, 1.82) is 0 Å². The number of hydrogen-bond acceptors (Lipinski definition) is 7. The van der Waals surface area contributed by atoms with Crippen molar-refractivity contribution in [1.82, 2.24) is 14.7 Å². The van der Waals surface area contributed by atoms with Gasteiger partial charge in [0.15, 0.2) is 0 Å². The van der Waals surface area contributed by atoms with E-state index in [1.807, 2.05) is 6.07 Å². The Kier molecular flexibility index (Phi) is 8.06. The second-order valence-corrected chi connectivity index (χ2v) is 9.57. The highest BCUT2D eigenvalue weighted by atomic mass is 35.5. The van der Waals surface area contributed by atoms with Crippen molar-refractivity contribution in [3.05, 3.63) is 105 Å². The van der Waals surface area contributed by atoms with Gasteiger partial charge in [-0.25, -0.2) is 9.59 Å². The van der Waals surface area contributed by atoms with E-state index in [9.17, 15) is 22.8 Å². The first-order chi connectivity index (χ1) is 19.2. The number of benzene rings is 3. The maximum atomic E-state index is 13.0. The second kappa shape index (κ2) is 11.7. The molecule has 5 rings (SSSR count). The van der Waals surface area contributed by atoms with E-state index >= 15 is 0 Å². The Morgan fingerprint density at radius 3 is 2.48 bits per heavy atom. The van der Waals surface area contributed by atoms with E-state index < -0.39 is 23.5 Å². The second-order valence-electron chi connectivity index (χ2n) is 9.14. The molecule has 1 saturated heterocycles. The molecule has 1 fully saturated rings. The van der Waals surface area contributed by atoms with Crippen molar-refractivity contribution < 1.29 is 31.9 Å². The van der Waals surface area contributed by atoms with Gasteiger partial charge in [0.25, 0.3) is 0 Å². The molecule has 0 amide bonds. The highest BCUT2D eigenvalue weighted by Gasteiger charge is 2.30. The average molecular weight is 574 g/mol. The van der Waals surface area contributed by atoms with Gasteiger partial charge < -0.3 is 13.9 Å². The first kappa shape index (κ1) is 27.6. The molecule has 0 saturated carbocycles. The predicted octanol–water partition coefficient (Wildman–Crippen LogP) is 5.28. The number of ether oxygens (including phenoxy) is 2. The maximum absolute atomic E-state index is 13.0. The number of aromatic nitrogens is 2. The fourth-order valence-electron chi connectivity index (χ4n) is 4.23. The quantitative estimate of drug-likeness (QED) is 0.220. The predicted molar refractivity (Wildman–Crippen MR) is 139 cm³/mol. The Bertz CT molecular complexity index is 1560. The molecule has 2 heterocycles. The largest absolute Gasteiger partial charge is 0.437 e. The van der Waals surface area contributed by atoms with E-state index in [0.29, 0.717) is 35.9 Å². The number of hydrogen-bond donors (Lipinski definition) is 0. The van der Waals surface area contributed by atoms with Crippen molar-refractivity contribution in [2.24, 2.45) is 0 Å². The van der Waals surface area contributed by atoms with Crippen LogP contribution in [0.1, 0.15) is 27.0 Å². The van der Waals surface area contributed by atoms with Crippen LogP contribution >= 0.6 is 11.6 Å². The zero-order valence-corrected chi connectivity index (χ0v) is 21.7. The average Bonchev–Trinajstić information content (AvgIpc) is 3.30. The molecule has 0 aliphatic carbocycles. The summed E-state index contributed by atoms with van der Waals surface area (Å²) in [5.41, 5.74) is 1.04. The van der Waals surface area contributed by atoms with Crippen LogP contribution < -0.4 is 10.5 Å². The Hall–Kier alpha value is -3.93. The molecule has 0 N–H and O–H groups in total. The van der Waals surface area contributed by atoms with Gasteiger partial charge in [0, 0.05) is 35.8 Å². The molecule has 3 aromatic carbocycles. The molecule has 1 aliphatic rings.